The van der Waals surface area contributed by atoms with E-state index in [1.54, 1.807) is 6.20 Å². The number of aromatic nitrogens is 2. The van der Waals surface area contributed by atoms with Crippen molar-refractivity contribution in [1.29, 1.82) is 0 Å². The fraction of sp³-hybridized carbons (Fsp3) is 0.556. The molecule has 0 unspecified atom stereocenters. The van der Waals surface area contributed by atoms with E-state index in [-0.39, 0.29) is 5.91 Å². The van der Waals surface area contributed by atoms with Gasteiger partial charge < -0.3 is 15.2 Å². The van der Waals surface area contributed by atoms with E-state index >= 15 is 0 Å². The Labute approximate surface area is 147 Å². The number of nitrogens with one attached hydrogen (secondary N) is 2. The maximum atomic E-state index is 12.2. The molecular formula is C18H25ClN4O. The number of hydrogen-bond donors (Lipinski definition) is 2. The van der Waals surface area contributed by atoms with Gasteiger partial charge in [-0.25, -0.2) is 4.98 Å². The molecule has 1 amide bonds. The Kier molecular flexibility index (Phi) is 5.74. The summed E-state index contributed by atoms with van der Waals surface area (Å²) in [5.41, 5.74) is 1.74. The molecule has 2 heterocycles. The molecule has 130 valence electrons. The highest BCUT2D eigenvalue weighted by atomic mass is 35.5. The van der Waals surface area contributed by atoms with Gasteiger partial charge in [0.15, 0.2) is 5.15 Å². The van der Waals surface area contributed by atoms with Crippen LogP contribution in [-0.4, -0.2) is 47.0 Å². The number of amides is 1. The Bertz CT molecular complexity index is 693. The summed E-state index contributed by atoms with van der Waals surface area (Å²) in [7, 11) is 2.16. The Morgan fingerprint density at radius 3 is 3.00 bits per heavy atom. The number of pyridine rings is 1. The van der Waals surface area contributed by atoms with Crippen LogP contribution in [0.1, 0.15) is 37.7 Å². The zero-order valence-corrected chi connectivity index (χ0v) is 14.9. The van der Waals surface area contributed by atoms with Crippen molar-refractivity contribution in [3.8, 4) is 0 Å². The molecule has 0 saturated heterocycles. The predicted octanol–water partition coefficient (Wildman–Crippen LogP) is 3.14. The van der Waals surface area contributed by atoms with Gasteiger partial charge in [-0.2, -0.15) is 0 Å². The van der Waals surface area contributed by atoms with Crippen molar-refractivity contribution in [3.63, 3.8) is 0 Å². The molecule has 3 rings (SSSR count). The van der Waals surface area contributed by atoms with Crippen LogP contribution in [0.15, 0.2) is 18.5 Å². The van der Waals surface area contributed by atoms with Crippen LogP contribution in [0.5, 0.6) is 0 Å². The molecule has 1 fully saturated rings. The number of aromatic amines is 1. The molecule has 2 aromatic heterocycles. The van der Waals surface area contributed by atoms with Gasteiger partial charge in [-0.15, -0.1) is 0 Å². The molecule has 0 bridgehead atoms. The molecule has 5 nitrogen and oxygen atoms in total. The number of fused-ring (bicyclic) bond motifs is 1. The molecule has 0 radical (unpaired) electrons. The third-order valence-corrected chi connectivity index (χ3v) is 5.26. The summed E-state index contributed by atoms with van der Waals surface area (Å²) in [5, 5.41) is 4.43. The highest BCUT2D eigenvalue weighted by Gasteiger charge is 2.17. The molecule has 2 N–H and O–H groups in total. The number of H-pyrrole nitrogens is 1. The van der Waals surface area contributed by atoms with Gasteiger partial charge >= 0.3 is 0 Å². The average molecular weight is 349 g/mol. The van der Waals surface area contributed by atoms with Gasteiger partial charge in [-0.3, -0.25) is 4.79 Å². The van der Waals surface area contributed by atoms with Crippen LogP contribution in [0.3, 0.4) is 0 Å². The normalized spacial score (nSPS) is 16.0. The molecule has 1 aliphatic carbocycles. The average Bonchev–Trinajstić information content (AvgIpc) is 3.00. The van der Waals surface area contributed by atoms with Crippen LogP contribution < -0.4 is 5.32 Å². The maximum absolute atomic E-state index is 12.2. The predicted molar refractivity (Wildman–Crippen MR) is 97.3 cm³/mol. The largest absolute Gasteiger partial charge is 0.358 e. The Balaban J connectivity index is 1.47. The maximum Gasteiger partial charge on any atom is 0.224 e. The number of halogens is 1. The second kappa shape index (κ2) is 7.99. The third kappa shape index (κ3) is 4.08. The first-order valence-electron chi connectivity index (χ1n) is 8.72. The van der Waals surface area contributed by atoms with Crippen LogP contribution in [0.4, 0.5) is 0 Å². The first-order valence-corrected chi connectivity index (χ1v) is 9.10. The van der Waals surface area contributed by atoms with E-state index in [0.717, 1.165) is 23.0 Å². The second-order valence-corrected chi connectivity index (χ2v) is 7.00. The fourth-order valence-electron chi connectivity index (χ4n) is 3.54. The fourth-order valence-corrected chi connectivity index (χ4v) is 3.75. The van der Waals surface area contributed by atoms with E-state index in [4.69, 9.17) is 11.6 Å². The van der Waals surface area contributed by atoms with E-state index in [2.05, 4.69) is 27.2 Å². The molecule has 6 heteroatoms. The number of likely N-dealkylation sites (N-methyl/N-ethyl adjacent to an activating group) is 1. The molecule has 24 heavy (non-hydrogen) atoms. The summed E-state index contributed by atoms with van der Waals surface area (Å²) < 4.78 is 0. The molecule has 0 spiro atoms. The summed E-state index contributed by atoms with van der Waals surface area (Å²) in [6.07, 6.45) is 10.5. The zero-order valence-electron chi connectivity index (χ0n) is 14.1. The van der Waals surface area contributed by atoms with Crippen molar-refractivity contribution in [2.45, 2.75) is 44.6 Å². The highest BCUT2D eigenvalue weighted by molar-refractivity contribution is 6.33. The van der Waals surface area contributed by atoms with Crippen molar-refractivity contribution < 1.29 is 4.79 Å². The van der Waals surface area contributed by atoms with Crippen molar-refractivity contribution in [2.24, 2.45) is 0 Å². The summed E-state index contributed by atoms with van der Waals surface area (Å²) in [6.45, 7) is 1.59. The third-order valence-electron chi connectivity index (χ3n) is 4.98. The lowest BCUT2D eigenvalue weighted by Crippen LogP contribution is -2.39. The van der Waals surface area contributed by atoms with E-state index in [1.807, 2.05) is 12.3 Å². The standard InChI is InChI=1S/C18H25ClN4O/c1-23(14-5-3-2-4-6-14)10-9-20-16(24)11-13-12-22-17-15(13)7-8-21-18(17)19/h7-8,12,14,22H,2-6,9-11H2,1H3,(H,20,24). The van der Waals surface area contributed by atoms with E-state index in [1.165, 1.54) is 32.1 Å². The van der Waals surface area contributed by atoms with Gasteiger partial charge in [0.25, 0.3) is 0 Å². The van der Waals surface area contributed by atoms with Crippen molar-refractivity contribution in [1.82, 2.24) is 20.2 Å². The van der Waals surface area contributed by atoms with E-state index in [0.29, 0.717) is 24.2 Å². The highest BCUT2D eigenvalue weighted by Crippen LogP contribution is 2.23. The SMILES string of the molecule is CN(CCNC(=O)Cc1c[nH]c2c(Cl)nccc12)C1CCCCC1. The van der Waals surface area contributed by atoms with Gasteiger partial charge in [0.05, 0.1) is 11.9 Å². The van der Waals surface area contributed by atoms with Crippen molar-refractivity contribution >= 4 is 28.4 Å². The van der Waals surface area contributed by atoms with Crippen LogP contribution in [0, 0.1) is 0 Å². The van der Waals surface area contributed by atoms with E-state index in [9.17, 15) is 4.79 Å². The topological polar surface area (TPSA) is 61.0 Å². The minimum atomic E-state index is 0.0425. The number of carbonyl (C=O) groups excluding carboxylic acids is 1. The summed E-state index contributed by atoms with van der Waals surface area (Å²) in [4.78, 5) is 21.7. The van der Waals surface area contributed by atoms with Gasteiger partial charge in [-0.1, -0.05) is 30.9 Å². The lowest BCUT2D eigenvalue weighted by Gasteiger charge is -2.31. The van der Waals surface area contributed by atoms with Gasteiger partial charge in [0, 0.05) is 36.9 Å². The molecule has 0 atom stereocenters. The van der Waals surface area contributed by atoms with Gasteiger partial charge in [-0.05, 0) is 31.5 Å². The minimum absolute atomic E-state index is 0.0425. The van der Waals surface area contributed by atoms with Crippen LogP contribution >= 0.6 is 11.6 Å². The number of nitrogens with zero attached hydrogens (tertiary/aromatic N) is 2. The summed E-state index contributed by atoms with van der Waals surface area (Å²) >= 11 is 6.05. The minimum Gasteiger partial charge on any atom is -0.358 e. The van der Waals surface area contributed by atoms with Crippen molar-refractivity contribution in [2.75, 3.05) is 20.1 Å². The zero-order chi connectivity index (χ0) is 16.9. The smallest absolute Gasteiger partial charge is 0.224 e. The molecule has 2 aromatic rings. The van der Waals surface area contributed by atoms with Crippen LogP contribution in [0.2, 0.25) is 5.15 Å². The van der Waals surface area contributed by atoms with Gasteiger partial charge in [0.1, 0.15) is 0 Å². The molecular weight excluding hydrogens is 324 g/mol. The number of carbonyl (C=O) groups is 1. The lowest BCUT2D eigenvalue weighted by atomic mass is 9.94. The monoisotopic (exact) mass is 348 g/mol. The Morgan fingerprint density at radius 1 is 1.42 bits per heavy atom. The van der Waals surface area contributed by atoms with Gasteiger partial charge in [0.2, 0.25) is 5.91 Å². The quantitative estimate of drug-likeness (QED) is 0.788. The van der Waals surface area contributed by atoms with Crippen molar-refractivity contribution in [3.05, 3.63) is 29.2 Å². The summed E-state index contributed by atoms with van der Waals surface area (Å²) in [5.74, 6) is 0.0425. The molecule has 1 aliphatic rings. The van der Waals surface area contributed by atoms with Crippen LogP contribution in [-0.2, 0) is 11.2 Å². The second-order valence-electron chi connectivity index (χ2n) is 6.64. The molecule has 0 aliphatic heterocycles. The first kappa shape index (κ1) is 17.2. The van der Waals surface area contributed by atoms with Crippen LogP contribution in [0.25, 0.3) is 10.9 Å². The molecule has 0 aromatic carbocycles. The molecule has 1 saturated carbocycles. The number of rotatable bonds is 6. The lowest BCUT2D eigenvalue weighted by molar-refractivity contribution is -0.120. The van der Waals surface area contributed by atoms with E-state index < -0.39 is 0 Å². The summed E-state index contributed by atoms with van der Waals surface area (Å²) in [6, 6.07) is 2.57. The number of hydrogen-bond acceptors (Lipinski definition) is 3. The first-order chi connectivity index (χ1) is 11.6. The Hall–Kier alpha value is -1.59. The Morgan fingerprint density at radius 2 is 2.21 bits per heavy atom.